The molecule has 2 N–H and O–H groups in total. The third kappa shape index (κ3) is 4.25. The quantitative estimate of drug-likeness (QED) is 0.829. The third-order valence-electron chi connectivity index (χ3n) is 2.95. The van der Waals surface area contributed by atoms with Crippen LogP contribution in [-0.2, 0) is 16.1 Å². The molecule has 2 rings (SSSR count). The number of carbonyl (C=O) groups is 2. The first-order valence-electron chi connectivity index (χ1n) is 6.64. The lowest BCUT2D eigenvalue weighted by atomic mass is 10.2. The van der Waals surface area contributed by atoms with Crippen molar-refractivity contribution in [2.45, 2.75) is 13.5 Å². The van der Waals surface area contributed by atoms with Crippen molar-refractivity contribution in [3.05, 3.63) is 29.8 Å². The smallest absolute Gasteiger partial charge is 0.244 e. The Bertz CT molecular complexity index is 493. The first kappa shape index (κ1) is 14.9. The summed E-state index contributed by atoms with van der Waals surface area (Å²) in [5.74, 6) is 0.963. The zero-order valence-corrected chi connectivity index (χ0v) is 12.3. The monoisotopic (exact) mass is 293 g/mol. The summed E-state index contributed by atoms with van der Waals surface area (Å²) in [7, 11) is 0. The molecule has 0 unspecified atom stereocenters. The summed E-state index contributed by atoms with van der Waals surface area (Å²) in [6, 6.07) is 7.73. The van der Waals surface area contributed by atoms with Gasteiger partial charge in [0.2, 0.25) is 11.8 Å². The third-order valence-corrected chi connectivity index (χ3v) is 3.90. The summed E-state index contributed by atoms with van der Waals surface area (Å²) in [5.41, 5.74) is 1.89. The zero-order valence-electron chi connectivity index (χ0n) is 11.5. The molecule has 1 aliphatic rings. The number of nitrogens with one attached hydrogen (secondary N) is 2. The van der Waals surface area contributed by atoms with E-state index in [-0.39, 0.29) is 18.4 Å². The largest absolute Gasteiger partial charge is 0.325 e. The fraction of sp³-hybridized carbons (Fsp3) is 0.429. The molecule has 20 heavy (non-hydrogen) atoms. The minimum Gasteiger partial charge on any atom is -0.325 e. The minimum absolute atomic E-state index is 0.0334. The second-order valence-corrected chi connectivity index (χ2v) is 5.55. The van der Waals surface area contributed by atoms with Gasteiger partial charge >= 0.3 is 0 Å². The molecule has 108 valence electrons. The van der Waals surface area contributed by atoms with Gasteiger partial charge in [0.1, 0.15) is 6.54 Å². The Labute approximate surface area is 123 Å². The number of anilines is 1. The molecule has 5 nitrogen and oxygen atoms in total. The summed E-state index contributed by atoms with van der Waals surface area (Å²) in [6.07, 6.45) is 0. The van der Waals surface area contributed by atoms with Crippen LogP contribution in [0.4, 0.5) is 5.69 Å². The standard InChI is InChI=1S/C14H19N3O2S/c1-2-15-7-11-4-3-5-12(6-11)16-13(18)8-17-10-20-9-14(17)19/h3-6,15H,2,7-10H2,1H3,(H,16,18). The molecule has 1 fully saturated rings. The molecular weight excluding hydrogens is 274 g/mol. The number of benzene rings is 1. The van der Waals surface area contributed by atoms with Crippen molar-refractivity contribution in [1.82, 2.24) is 10.2 Å². The average Bonchev–Trinajstić information content (AvgIpc) is 2.82. The summed E-state index contributed by atoms with van der Waals surface area (Å²) in [4.78, 5) is 24.9. The molecule has 6 heteroatoms. The molecule has 2 amide bonds. The molecule has 0 saturated carbocycles. The molecule has 0 aromatic heterocycles. The van der Waals surface area contributed by atoms with E-state index in [9.17, 15) is 9.59 Å². The molecule has 0 atom stereocenters. The highest BCUT2D eigenvalue weighted by Crippen LogP contribution is 2.15. The van der Waals surface area contributed by atoms with Crippen LogP contribution in [0.25, 0.3) is 0 Å². The molecule has 1 saturated heterocycles. The number of hydrogen-bond donors (Lipinski definition) is 2. The maximum absolute atomic E-state index is 11.9. The second-order valence-electron chi connectivity index (χ2n) is 4.60. The van der Waals surface area contributed by atoms with Crippen LogP contribution in [-0.4, -0.2) is 41.4 Å². The van der Waals surface area contributed by atoms with Crippen LogP contribution in [0.3, 0.4) is 0 Å². The van der Waals surface area contributed by atoms with Gasteiger partial charge in [0.15, 0.2) is 0 Å². The Balaban J connectivity index is 1.88. The number of nitrogens with zero attached hydrogens (tertiary/aromatic N) is 1. The number of thioether (sulfide) groups is 1. The molecular formula is C14H19N3O2S. The molecule has 0 bridgehead atoms. The maximum Gasteiger partial charge on any atom is 0.244 e. The molecule has 1 aliphatic heterocycles. The molecule has 1 heterocycles. The molecule has 1 aromatic carbocycles. The van der Waals surface area contributed by atoms with E-state index in [4.69, 9.17) is 0 Å². The van der Waals surface area contributed by atoms with Crippen molar-refractivity contribution < 1.29 is 9.59 Å². The van der Waals surface area contributed by atoms with Crippen LogP contribution in [0.15, 0.2) is 24.3 Å². The van der Waals surface area contributed by atoms with Gasteiger partial charge in [-0.3, -0.25) is 9.59 Å². The lowest BCUT2D eigenvalue weighted by Crippen LogP contribution is -2.34. The first-order valence-corrected chi connectivity index (χ1v) is 7.79. The number of amides is 2. The highest BCUT2D eigenvalue weighted by molar-refractivity contribution is 8.00. The summed E-state index contributed by atoms with van der Waals surface area (Å²) in [5, 5.41) is 6.08. The number of hydrogen-bond acceptors (Lipinski definition) is 4. The van der Waals surface area contributed by atoms with Gasteiger partial charge in [-0.2, -0.15) is 0 Å². The Morgan fingerprint density at radius 2 is 2.30 bits per heavy atom. The van der Waals surface area contributed by atoms with Crippen molar-refractivity contribution in [3.8, 4) is 0 Å². The predicted octanol–water partition coefficient (Wildman–Crippen LogP) is 1.27. The van der Waals surface area contributed by atoms with Crippen LogP contribution in [0.5, 0.6) is 0 Å². The van der Waals surface area contributed by atoms with E-state index >= 15 is 0 Å². The van der Waals surface area contributed by atoms with Gasteiger partial charge in [0, 0.05) is 12.2 Å². The lowest BCUT2D eigenvalue weighted by Gasteiger charge is -2.14. The van der Waals surface area contributed by atoms with Crippen LogP contribution < -0.4 is 10.6 Å². The van der Waals surface area contributed by atoms with Crippen molar-refractivity contribution in [3.63, 3.8) is 0 Å². The van der Waals surface area contributed by atoms with Gasteiger partial charge in [-0.1, -0.05) is 19.1 Å². The molecule has 0 spiro atoms. The summed E-state index contributed by atoms with van der Waals surface area (Å²) in [6.45, 7) is 3.87. The van der Waals surface area contributed by atoms with E-state index < -0.39 is 0 Å². The van der Waals surface area contributed by atoms with Gasteiger partial charge < -0.3 is 15.5 Å². The van der Waals surface area contributed by atoms with Crippen molar-refractivity contribution in [2.24, 2.45) is 0 Å². The van der Waals surface area contributed by atoms with Gasteiger partial charge in [-0.25, -0.2) is 0 Å². The average molecular weight is 293 g/mol. The van der Waals surface area contributed by atoms with Crippen molar-refractivity contribution >= 4 is 29.3 Å². The lowest BCUT2D eigenvalue weighted by molar-refractivity contribution is -0.130. The number of carbonyl (C=O) groups excluding carboxylic acids is 2. The Kier molecular flexibility index (Phi) is 5.43. The SMILES string of the molecule is CCNCc1cccc(NC(=O)CN2CSCC2=O)c1. The van der Waals surface area contributed by atoms with Gasteiger partial charge in [-0.15, -0.1) is 11.8 Å². The van der Waals surface area contributed by atoms with Crippen LogP contribution >= 0.6 is 11.8 Å². The Morgan fingerprint density at radius 3 is 3.00 bits per heavy atom. The van der Waals surface area contributed by atoms with E-state index in [0.29, 0.717) is 11.6 Å². The van der Waals surface area contributed by atoms with Gasteiger partial charge in [0.25, 0.3) is 0 Å². The van der Waals surface area contributed by atoms with Gasteiger partial charge in [-0.05, 0) is 24.2 Å². The fourth-order valence-electron chi connectivity index (χ4n) is 1.94. The van der Waals surface area contributed by atoms with Crippen LogP contribution in [0.1, 0.15) is 12.5 Å². The number of rotatable bonds is 6. The first-order chi connectivity index (χ1) is 9.69. The van der Waals surface area contributed by atoms with Crippen LogP contribution in [0.2, 0.25) is 0 Å². The maximum atomic E-state index is 11.9. The van der Waals surface area contributed by atoms with E-state index in [1.54, 1.807) is 4.90 Å². The molecule has 0 radical (unpaired) electrons. The Hall–Kier alpha value is -1.53. The summed E-state index contributed by atoms with van der Waals surface area (Å²) >= 11 is 1.54. The fourth-order valence-corrected chi connectivity index (χ4v) is 2.85. The van der Waals surface area contributed by atoms with E-state index in [0.717, 1.165) is 24.3 Å². The van der Waals surface area contributed by atoms with Crippen molar-refractivity contribution in [1.29, 1.82) is 0 Å². The van der Waals surface area contributed by atoms with Gasteiger partial charge in [0.05, 0.1) is 11.6 Å². The van der Waals surface area contributed by atoms with E-state index in [1.807, 2.05) is 24.3 Å². The highest BCUT2D eigenvalue weighted by atomic mass is 32.2. The van der Waals surface area contributed by atoms with Crippen molar-refractivity contribution in [2.75, 3.05) is 30.0 Å². The Morgan fingerprint density at radius 1 is 1.45 bits per heavy atom. The zero-order chi connectivity index (χ0) is 14.4. The highest BCUT2D eigenvalue weighted by Gasteiger charge is 2.22. The predicted molar refractivity (Wildman–Crippen MR) is 81.5 cm³/mol. The van der Waals surface area contributed by atoms with E-state index in [2.05, 4.69) is 17.6 Å². The topological polar surface area (TPSA) is 61.4 Å². The minimum atomic E-state index is -0.151. The van der Waals surface area contributed by atoms with E-state index in [1.165, 1.54) is 11.8 Å². The second kappa shape index (κ2) is 7.31. The normalized spacial score (nSPS) is 14.7. The van der Waals surface area contributed by atoms with Crippen LogP contribution in [0, 0.1) is 0 Å². The summed E-state index contributed by atoms with van der Waals surface area (Å²) < 4.78 is 0. The molecule has 0 aliphatic carbocycles. The molecule has 1 aromatic rings.